The Morgan fingerprint density at radius 1 is 1.05 bits per heavy atom. The first-order valence-corrected chi connectivity index (χ1v) is 12.0. The number of carbonyl (C=O) groups excluding carboxylic acids is 3. The molecule has 5 rings (SSSR count). The lowest BCUT2D eigenvalue weighted by atomic mass is 10.1. The summed E-state index contributed by atoms with van der Waals surface area (Å²) in [7, 11) is 1.74. The molecule has 0 fully saturated rings. The fourth-order valence-electron chi connectivity index (χ4n) is 4.22. The van der Waals surface area contributed by atoms with E-state index in [4.69, 9.17) is 11.6 Å². The van der Waals surface area contributed by atoms with E-state index in [1.54, 1.807) is 71.5 Å². The average Bonchev–Trinajstić information content (AvgIpc) is 3.30. The summed E-state index contributed by atoms with van der Waals surface area (Å²) in [6.07, 6.45) is 5.15. The highest BCUT2D eigenvalue weighted by atomic mass is 35.5. The molecule has 2 aromatic carbocycles. The molecule has 1 aliphatic heterocycles. The van der Waals surface area contributed by atoms with Crippen LogP contribution in [0.25, 0.3) is 0 Å². The van der Waals surface area contributed by atoms with Crippen LogP contribution in [0.3, 0.4) is 0 Å². The molecule has 9 nitrogen and oxygen atoms in total. The smallest absolute Gasteiger partial charge is 0.291 e. The summed E-state index contributed by atoms with van der Waals surface area (Å²) in [5, 5.41) is 6.09. The number of benzene rings is 2. The van der Waals surface area contributed by atoms with Crippen LogP contribution in [0, 0.1) is 0 Å². The molecule has 0 bridgehead atoms. The first-order chi connectivity index (χ1) is 17.9. The van der Waals surface area contributed by atoms with Crippen molar-refractivity contribution in [1.29, 1.82) is 0 Å². The molecule has 1 atom stereocenters. The lowest BCUT2D eigenvalue weighted by Gasteiger charge is -2.28. The molecule has 37 heavy (non-hydrogen) atoms. The maximum atomic E-state index is 13.7. The van der Waals surface area contributed by atoms with Crippen molar-refractivity contribution in [2.75, 3.05) is 10.6 Å². The Morgan fingerprint density at radius 2 is 1.86 bits per heavy atom. The van der Waals surface area contributed by atoms with E-state index in [0.29, 0.717) is 33.5 Å². The fraction of sp³-hybridized carbons (Fsp3) is 0.148. The molecule has 3 heterocycles. The molecule has 4 aromatic rings. The van der Waals surface area contributed by atoms with Crippen LogP contribution >= 0.6 is 11.6 Å². The molecule has 0 radical (unpaired) electrons. The van der Waals surface area contributed by atoms with Gasteiger partial charge in [-0.1, -0.05) is 29.8 Å². The Morgan fingerprint density at radius 3 is 2.57 bits per heavy atom. The molecule has 2 aromatic heterocycles. The maximum Gasteiger partial charge on any atom is 0.291 e. The van der Waals surface area contributed by atoms with E-state index in [0.717, 1.165) is 5.56 Å². The molecular formula is C27H23ClN6O3. The zero-order chi connectivity index (χ0) is 25.9. The molecule has 186 valence electrons. The van der Waals surface area contributed by atoms with Gasteiger partial charge >= 0.3 is 0 Å². The van der Waals surface area contributed by atoms with Crippen molar-refractivity contribution in [3.05, 3.63) is 107 Å². The molecule has 0 aliphatic carbocycles. The number of anilines is 2. The van der Waals surface area contributed by atoms with Gasteiger partial charge in [-0.25, -0.2) is 4.98 Å². The number of hydrogen-bond donors (Lipinski definition) is 2. The third-order valence-electron chi connectivity index (χ3n) is 6.13. The van der Waals surface area contributed by atoms with Crippen molar-refractivity contribution >= 4 is 40.7 Å². The number of carbonyl (C=O) groups is 3. The van der Waals surface area contributed by atoms with Gasteiger partial charge in [0.2, 0.25) is 5.91 Å². The molecule has 0 unspecified atom stereocenters. The van der Waals surface area contributed by atoms with Crippen LogP contribution in [-0.4, -0.2) is 43.2 Å². The molecule has 3 amide bonds. The lowest BCUT2D eigenvalue weighted by Crippen LogP contribution is -2.46. The van der Waals surface area contributed by atoms with E-state index in [1.807, 2.05) is 24.3 Å². The van der Waals surface area contributed by atoms with Crippen molar-refractivity contribution in [2.24, 2.45) is 7.05 Å². The molecule has 0 saturated heterocycles. The highest BCUT2D eigenvalue weighted by Crippen LogP contribution is 2.29. The van der Waals surface area contributed by atoms with Gasteiger partial charge in [-0.05, 0) is 48.0 Å². The van der Waals surface area contributed by atoms with Crippen LogP contribution in [0.5, 0.6) is 0 Å². The zero-order valence-corrected chi connectivity index (χ0v) is 20.6. The van der Waals surface area contributed by atoms with E-state index in [-0.39, 0.29) is 30.7 Å². The summed E-state index contributed by atoms with van der Waals surface area (Å²) in [4.78, 5) is 49.4. The zero-order valence-electron chi connectivity index (χ0n) is 19.9. The normalized spacial score (nSPS) is 15.1. The number of fused-ring (bicyclic) bond motifs is 1. The van der Waals surface area contributed by atoms with Crippen molar-refractivity contribution in [3.8, 4) is 0 Å². The lowest BCUT2D eigenvalue weighted by molar-refractivity contribution is -0.120. The Labute approximate surface area is 218 Å². The number of rotatable bonds is 6. The van der Waals surface area contributed by atoms with E-state index < -0.39 is 6.04 Å². The summed E-state index contributed by atoms with van der Waals surface area (Å²) < 4.78 is 1.63. The second-order valence-electron chi connectivity index (χ2n) is 8.67. The molecule has 10 heteroatoms. The van der Waals surface area contributed by atoms with Crippen molar-refractivity contribution in [3.63, 3.8) is 0 Å². The van der Waals surface area contributed by atoms with Crippen LogP contribution in [-0.2, 0) is 24.8 Å². The number of imidazole rings is 1. The molecule has 2 N–H and O–H groups in total. The first-order valence-electron chi connectivity index (χ1n) is 11.6. The Kier molecular flexibility index (Phi) is 6.70. The predicted molar refractivity (Wildman–Crippen MR) is 139 cm³/mol. The van der Waals surface area contributed by atoms with Crippen molar-refractivity contribution in [2.45, 2.75) is 19.0 Å². The number of aryl methyl sites for hydroxylation is 1. The van der Waals surface area contributed by atoms with Gasteiger partial charge in [0.05, 0.1) is 11.3 Å². The van der Waals surface area contributed by atoms with Crippen LogP contribution in [0.4, 0.5) is 11.4 Å². The second kappa shape index (κ2) is 10.2. The Hall–Kier alpha value is -4.50. The van der Waals surface area contributed by atoms with E-state index in [9.17, 15) is 14.4 Å². The highest BCUT2D eigenvalue weighted by Gasteiger charge is 2.36. The SMILES string of the molecule is Cn1ccnc1C(=O)Nc1ccc(CN2C(=O)c3ccc(Cl)cc3NC(=O)[C@H]2Cc2ccccn2)cc1. The summed E-state index contributed by atoms with van der Waals surface area (Å²) in [6.45, 7) is 0.180. The summed E-state index contributed by atoms with van der Waals surface area (Å²) in [5.74, 6) is -0.649. The number of halogens is 1. The van der Waals surface area contributed by atoms with Gasteiger partial charge in [0, 0.05) is 55.0 Å². The summed E-state index contributed by atoms with van der Waals surface area (Å²) in [5.41, 5.74) is 2.81. The largest absolute Gasteiger partial charge is 0.330 e. The van der Waals surface area contributed by atoms with Crippen LogP contribution in [0.2, 0.25) is 5.02 Å². The Balaban J connectivity index is 1.41. The van der Waals surface area contributed by atoms with Crippen molar-refractivity contribution < 1.29 is 14.4 Å². The third-order valence-corrected chi connectivity index (χ3v) is 6.36. The van der Waals surface area contributed by atoms with E-state index in [2.05, 4.69) is 20.6 Å². The van der Waals surface area contributed by atoms with Gasteiger partial charge < -0.3 is 20.1 Å². The third kappa shape index (κ3) is 5.22. The monoisotopic (exact) mass is 514 g/mol. The maximum absolute atomic E-state index is 13.7. The van der Waals surface area contributed by atoms with Crippen LogP contribution < -0.4 is 10.6 Å². The molecule has 0 saturated carbocycles. The summed E-state index contributed by atoms with van der Waals surface area (Å²) >= 11 is 6.13. The topological polar surface area (TPSA) is 109 Å². The van der Waals surface area contributed by atoms with Crippen LogP contribution in [0.1, 0.15) is 32.2 Å². The molecule has 0 spiro atoms. The van der Waals surface area contributed by atoms with Gasteiger partial charge in [0.25, 0.3) is 11.8 Å². The number of nitrogens with zero attached hydrogens (tertiary/aromatic N) is 4. The first kappa shape index (κ1) is 24.2. The number of aromatic nitrogens is 3. The van der Waals surface area contributed by atoms with Gasteiger partial charge in [0.15, 0.2) is 5.82 Å². The van der Waals surface area contributed by atoms with Gasteiger partial charge in [-0.3, -0.25) is 19.4 Å². The van der Waals surface area contributed by atoms with Gasteiger partial charge in [-0.15, -0.1) is 0 Å². The Bertz CT molecular complexity index is 1470. The van der Waals surface area contributed by atoms with E-state index in [1.165, 1.54) is 0 Å². The standard InChI is InChI=1S/C27H23ClN6O3/c1-33-13-12-30-24(33)26(36)31-19-8-5-17(6-9-19)16-34-23(15-20-4-2-3-11-29-20)25(35)32-22-14-18(28)7-10-21(22)27(34)37/h2-14,23H,15-16H2,1H3,(H,31,36)(H,32,35)/t23-/m1/s1. The molecule has 1 aliphatic rings. The minimum absolute atomic E-state index is 0.180. The van der Waals surface area contributed by atoms with Crippen molar-refractivity contribution in [1.82, 2.24) is 19.4 Å². The fourth-order valence-corrected chi connectivity index (χ4v) is 4.40. The number of amides is 3. The van der Waals surface area contributed by atoms with Gasteiger partial charge in [0.1, 0.15) is 6.04 Å². The van der Waals surface area contributed by atoms with Crippen LogP contribution in [0.15, 0.2) is 79.3 Å². The predicted octanol–water partition coefficient (Wildman–Crippen LogP) is 3.93. The molecular weight excluding hydrogens is 492 g/mol. The average molecular weight is 515 g/mol. The summed E-state index contributed by atoms with van der Waals surface area (Å²) in [6, 6.07) is 16.6. The minimum atomic E-state index is -0.795. The number of nitrogens with one attached hydrogen (secondary N) is 2. The quantitative estimate of drug-likeness (QED) is 0.405. The second-order valence-corrected chi connectivity index (χ2v) is 9.10. The van der Waals surface area contributed by atoms with Gasteiger partial charge in [-0.2, -0.15) is 0 Å². The number of hydrogen-bond acceptors (Lipinski definition) is 5. The number of pyridine rings is 1. The van der Waals surface area contributed by atoms with E-state index >= 15 is 0 Å². The highest BCUT2D eigenvalue weighted by molar-refractivity contribution is 6.31. The minimum Gasteiger partial charge on any atom is -0.330 e.